The molecule has 23 heavy (non-hydrogen) atoms. The molecule has 6 nitrogen and oxygen atoms in total. The Labute approximate surface area is 135 Å². The van der Waals surface area contributed by atoms with Gasteiger partial charge in [-0.15, -0.1) is 0 Å². The summed E-state index contributed by atoms with van der Waals surface area (Å²) < 4.78 is 5.79. The third-order valence-electron chi connectivity index (χ3n) is 3.93. The van der Waals surface area contributed by atoms with E-state index in [1.165, 1.54) is 5.56 Å². The van der Waals surface area contributed by atoms with Crippen LogP contribution in [-0.2, 0) is 13.0 Å². The maximum absolute atomic E-state index is 12.3. The number of hydrogen-bond acceptors (Lipinski definition) is 4. The molecule has 0 spiro atoms. The number of benzene rings is 1. The lowest BCUT2D eigenvalue weighted by atomic mass is 10.1. The molecule has 122 valence electrons. The highest BCUT2D eigenvalue weighted by Gasteiger charge is 2.21. The summed E-state index contributed by atoms with van der Waals surface area (Å²) in [6.45, 7) is 6.00. The number of nitrogens with one attached hydrogen (secondary N) is 3. The second kappa shape index (κ2) is 6.83. The van der Waals surface area contributed by atoms with Crippen LogP contribution in [-0.4, -0.2) is 35.3 Å². The predicted octanol–water partition coefficient (Wildman–Crippen LogP) is 1.56. The summed E-state index contributed by atoms with van der Waals surface area (Å²) >= 11 is 0. The highest BCUT2D eigenvalue weighted by atomic mass is 16.5. The molecule has 0 radical (unpaired) electrons. The zero-order valence-corrected chi connectivity index (χ0v) is 13.5. The van der Waals surface area contributed by atoms with Crippen molar-refractivity contribution in [3.8, 4) is 5.75 Å². The SMILES string of the molecule is Cc1ccc(OC(C)CNC(=O)c2n[nH]c3c2CNCC3)cc1. The van der Waals surface area contributed by atoms with Gasteiger partial charge in [-0.25, -0.2) is 0 Å². The van der Waals surface area contributed by atoms with E-state index < -0.39 is 0 Å². The van der Waals surface area contributed by atoms with E-state index >= 15 is 0 Å². The minimum Gasteiger partial charge on any atom is -0.489 e. The van der Waals surface area contributed by atoms with Crippen LogP contribution >= 0.6 is 0 Å². The summed E-state index contributed by atoms with van der Waals surface area (Å²) in [6, 6.07) is 7.88. The molecule has 3 N–H and O–H groups in total. The van der Waals surface area contributed by atoms with Gasteiger partial charge in [0.15, 0.2) is 5.69 Å². The zero-order valence-electron chi connectivity index (χ0n) is 13.5. The zero-order chi connectivity index (χ0) is 16.2. The van der Waals surface area contributed by atoms with E-state index in [-0.39, 0.29) is 12.0 Å². The number of aryl methyl sites for hydroxylation is 1. The first kappa shape index (κ1) is 15.6. The fourth-order valence-corrected chi connectivity index (χ4v) is 2.62. The number of H-pyrrole nitrogens is 1. The van der Waals surface area contributed by atoms with Gasteiger partial charge in [-0.1, -0.05) is 17.7 Å². The lowest BCUT2D eigenvalue weighted by Gasteiger charge is -2.16. The molecule has 0 saturated carbocycles. The van der Waals surface area contributed by atoms with E-state index in [0.717, 1.165) is 30.0 Å². The number of fused-ring (bicyclic) bond motifs is 1. The van der Waals surface area contributed by atoms with E-state index in [9.17, 15) is 4.79 Å². The number of carbonyl (C=O) groups is 1. The van der Waals surface area contributed by atoms with Crippen molar-refractivity contribution in [1.29, 1.82) is 0 Å². The van der Waals surface area contributed by atoms with E-state index in [0.29, 0.717) is 18.8 Å². The van der Waals surface area contributed by atoms with Crippen LogP contribution in [0.2, 0.25) is 0 Å². The van der Waals surface area contributed by atoms with Gasteiger partial charge in [-0.05, 0) is 26.0 Å². The van der Waals surface area contributed by atoms with Crippen LogP contribution in [0.15, 0.2) is 24.3 Å². The summed E-state index contributed by atoms with van der Waals surface area (Å²) in [7, 11) is 0. The Kier molecular flexibility index (Phi) is 4.62. The molecule has 0 aliphatic carbocycles. The van der Waals surface area contributed by atoms with Crippen LogP contribution in [0.5, 0.6) is 5.75 Å². The number of nitrogens with zero attached hydrogens (tertiary/aromatic N) is 1. The second-order valence-corrected chi connectivity index (χ2v) is 5.91. The third kappa shape index (κ3) is 3.71. The third-order valence-corrected chi connectivity index (χ3v) is 3.93. The molecule has 2 aromatic rings. The largest absolute Gasteiger partial charge is 0.489 e. The molecule has 1 aromatic carbocycles. The van der Waals surface area contributed by atoms with E-state index in [2.05, 4.69) is 20.8 Å². The first-order valence-corrected chi connectivity index (χ1v) is 7.92. The van der Waals surface area contributed by atoms with Crippen molar-refractivity contribution in [3.63, 3.8) is 0 Å². The average Bonchev–Trinajstić information content (AvgIpc) is 2.99. The Morgan fingerprint density at radius 1 is 1.39 bits per heavy atom. The van der Waals surface area contributed by atoms with Crippen LogP contribution in [0.3, 0.4) is 0 Å². The van der Waals surface area contributed by atoms with Gasteiger partial charge in [-0.2, -0.15) is 5.10 Å². The summed E-state index contributed by atoms with van der Waals surface area (Å²) in [6.07, 6.45) is 0.761. The van der Waals surface area contributed by atoms with E-state index in [1.807, 2.05) is 38.1 Å². The molecule has 0 fully saturated rings. The number of hydrogen-bond donors (Lipinski definition) is 3. The van der Waals surface area contributed by atoms with Crippen LogP contribution in [0.1, 0.15) is 34.2 Å². The average molecular weight is 314 g/mol. The minimum absolute atomic E-state index is 0.116. The Hall–Kier alpha value is -2.34. The van der Waals surface area contributed by atoms with Crippen LogP contribution in [0.4, 0.5) is 0 Å². The Balaban J connectivity index is 1.54. The number of amides is 1. The Bertz CT molecular complexity index is 678. The topological polar surface area (TPSA) is 79.0 Å². The molecular weight excluding hydrogens is 292 g/mol. The summed E-state index contributed by atoms with van der Waals surface area (Å²) in [4.78, 5) is 12.3. The maximum atomic E-state index is 12.3. The molecule has 1 aromatic heterocycles. The fourth-order valence-electron chi connectivity index (χ4n) is 2.62. The van der Waals surface area contributed by atoms with Gasteiger partial charge >= 0.3 is 0 Å². The Morgan fingerprint density at radius 2 is 2.17 bits per heavy atom. The molecule has 1 aliphatic rings. The monoisotopic (exact) mass is 314 g/mol. The summed E-state index contributed by atoms with van der Waals surface area (Å²) in [5.74, 6) is 0.643. The smallest absolute Gasteiger partial charge is 0.272 e. The molecular formula is C17H22N4O2. The lowest BCUT2D eigenvalue weighted by molar-refractivity contribution is 0.0926. The van der Waals surface area contributed by atoms with Gasteiger partial charge in [0.05, 0.1) is 6.54 Å². The van der Waals surface area contributed by atoms with Crippen LogP contribution in [0.25, 0.3) is 0 Å². The number of rotatable bonds is 5. The number of aromatic amines is 1. The van der Waals surface area contributed by atoms with Gasteiger partial charge in [0, 0.05) is 30.8 Å². The Morgan fingerprint density at radius 3 is 2.96 bits per heavy atom. The molecule has 6 heteroatoms. The van der Waals surface area contributed by atoms with Crippen molar-refractivity contribution in [2.45, 2.75) is 32.9 Å². The highest BCUT2D eigenvalue weighted by Crippen LogP contribution is 2.15. The molecule has 3 rings (SSSR count). The standard InChI is InChI=1S/C17H22N4O2/c1-11-3-5-13(6-4-11)23-12(2)9-19-17(22)16-14-10-18-8-7-15(14)20-21-16/h3-6,12,18H,7-10H2,1-2H3,(H,19,22)(H,20,21). The van der Waals surface area contributed by atoms with Crippen molar-refractivity contribution < 1.29 is 9.53 Å². The number of carbonyl (C=O) groups excluding carboxylic acids is 1. The van der Waals surface area contributed by atoms with Gasteiger partial charge in [0.25, 0.3) is 5.91 Å². The normalized spacial score (nSPS) is 14.9. The van der Waals surface area contributed by atoms with Gasteiger partial charge in [0.1, 0.15) is 11.9 Å². The molecule has 1 unspecified atom stereocenters. The number of aromatic nitrogens is 2. The maximum Gasteiger partial charge on any atom is 0.272 e. The van der Waals surface area contributed by atoms with Crippen molar-refractivity contribution in [1.82, 2.24) is 20.8 Å². The van der Waals surface area contributed by atoms with Crippen molar-refractivity contribution in [3.05, 3.63) is 46.8 Å². The quantitative estimate of drug-likeness (QED) is 0.782. The molecule has 0 saturated heterocycles. The molecule has 2 heterocycles. The molecule has 1 atom stereocenters. The van der Waals surface area contributed by atoms with Crippen LogP contribution in [0, 0.1) is 6.92 Å². The van der Waals surface area contributed by atoms with Crippen molar-refractivity contribution in [2.75, 3.05) is 13.1 Å². The fraction of sp³-hybridized carbons (Fsp3) is 0.412. The van der Waals surface area contributed by atoms with E-state index in [1.54, 1.807) is 0 Å². The van der Waals surface area contributed by atoms with Gasteiger partial charge < -0.3 is 15.4 Å². The second-order valence-electron chi connectivity index (χ2n) is 5.91. The lowest BCUT2D eigenvalue weighted by Crippen LogP contribution is -2.35. The summed E-state index contributed by atoms with van der Waals surface area (Å²) in [5, 5.41) is 13.3. The van der Waals surface area contributed by atoms with Crippen molar-refractivity contribution in [2.24, 2.45) is 0 Å². The molecule has 1 aliphatic heterocycles. The van der Waals surface area contributed by atoms with Crippen LogP contribution < -0.4 is 15.4 Å². The number of ether oxygens (including phenoxy) is 1. The predicted molar refractivity (Wildman–Crippen MR) is 87.6 cm³/mol. The minimum atomic E-state index is -0.162. The molecule has 0 bridgehead atoms. The molecule has 1 amide bonds. The van der Waals surface area contributed by atoms with Gasteiger partial charge in [-0.3, -0.25) is 9.89 Å². The first-order chi connectivity index (χ1) is 11.1. The summed E-state index contributed by atoms with van der Waals surface area (Å²) in [5.41, 5.74) is 3.70. The van der Waals surface area contributed by atoms with Crippen molar-refractivity contribution >= 4 is 5.91 Å². The van der Waals surface area contributed by atoms with Gasteiger partial charge in [0.2, 0.25) is 0 Å². The van der Waals surface area contributed by atoms with E-state index in [4.69, 9.17) is 4.74 Å². The first-order valence-electron chi connectivity index (χ1n) is 7.92. The highest BCUT2D eigenvalue weighted by molar-refractivity contribution is 5.94.